The molecular formula is C27H24O3. The van der Waals surface area contributed by atoms with Crippen LogP contribution in [0.3, 0.4) is 0 Å². The highest BCUT2D eigenvalue weighted by Crippen LogP contribution is 2.39. The predicted molar refractivity (Wildman–Crippen MR) is 120 cm³/mol. The van der Waals surface area contributed by atoms with Gasteiger partial charge in [0.05, 0.1) is 0 Å². The maximum absolute atomic E-state index is 6.19. The topological polar surface area (TPSA) is 27.7 Å². The molecule has 0 fully saturated rings. The molecule has 0 heterocycles. The predicted octanol–water partition coefficient (Wildman–Crippen LogP) is 7.99. The molecule has 0 saturated heterocycles. The van der Waals surface area contributed by atoms with E-state index in [1.807, 2.05) is 112 Å². The summed E-state index contributed by atoms with van der Waals surface area (Å²) in [6, 6.07) is 29.4. The zero-order valence-corrected chi connectivity index (χ0v) is 17.4. The fourth-order valence-corrected chi connectivity index (χ4v) is 3.14. The Bertz CT molecular complexity index is 1160. The van der Waals surface area contributed by atoms with Gasteiger partial charge in [-0.15, -0.1) is 0 Å². The van der Waals surface area contributed by atoms with Crippen LogP contribution < -0.4 is 14.2 Å². The molecule has 0 atom stereocenters. The molecule has 0 spiro atoms. The first-order valence-electron chi connectivity index (χ1n) is 9.93. The molecule has 0 amide bonds. The van der Waals surface area contributed by atoms with Crippen LogP contribution in [0.5, 0.6) is 34.5 Å². The molecule has 0 aliphatic heterocycles. The number of ether oxygens (including phenoxy) is 3. The lowest BCUT2D eigenvalue weighted by Gasteiger charge is -2.15. The SMILES string of the molecule is Cc1cccc(Oc2ccc(Oc3cccc(C)c3)c(Oc3cccc(C)c3)c2)c1. The lowest BCUT2D eigenvalue weighted by Crippen LogP contribution is -1.93. The summed E-state index contributed by atoms with van der Waals surface area (Å²) in [7, 11) is 0. The molecule has 0 aliphatic carbocycles. The van der Waals surface area contributed by atoms with Crippen molar-refractivity contribution in [1.82, 2.24) is 0 Å². The summed E-state index contributed by atoms with van der Waals surface area (Å²) >= 11 is 0. The van der Waals surface area contributed by atoms with Crippen LogP contribution in [0.4, 0.5) is 0 Å². The average Bonchev–Trinajstić information content (AvgIpc) is 2.70. The number of hydrogen-bond donors (Lipinski definition) is 0. The largest absolute Gasteiger partial charge is 0.457 e. The van der Waals surface area contributed by atoms with Gasteiger partial charge in [0.1, 0.15) is 23.0 Å². The second kappa shape index (κ2) is 8.75. The third-order valence-electron chi connectivity index (χ3n) is 4.58. The molecule has 0 N–H and O–H groups in total. The van der Waals surface area contributed by atoms with Crippen LogP contribution in [0.1, 0.15) is 16.7 Å². The van der Waals surface area contributed by atoms with Crippen LogP contribution in [-0.2, 0) is 0 Å². The Kier molecular flexibility index (Phi) is 5.71. The quantitative estimate of drug-likeness (QED) is 0.330. The normalized spacial score (nSPS) is 10.5. The van der Waals surface area contributed by atoms with Crippen molar-refractivity contribution < 1.29 is 14.2 Å². The smallest absolute Gasteiger partial charge is 0.173 e. The van der Waals surface area contributed by atoms with Gasteiger partial charge >= 0.3 is 0 Å². The zero-order chi connectivity index (χ0) is 20.9. The third-order valence-corrected chi connectivity index (χ3v) is 4.58. The van der Waals surface area contributed by atoms with E-state index in [-0.39, 0.29) is 0 Å². The standard InChI is InChI=1S/C27H24O3/c1-19-7-4-10-22(15-19)28-25-13-14-26(29-23-11-5-8-20(2)16-23)27(18-25)30-24-12-6-9-21(3)17-24/h4-18H,1-3H3. The molecule has 0 unspecified atom stereocenters. The highest BCUT2D eigenvalue weighted by molar-refractivity contribution is 5.51. The molecule has 0 aliphatic rings. The van der Waals surface area contributed by atoms with Crippen molar-refractivity contribution in [2.24, 2.45) is 0 Å². The van der Waals surface area contributed by atoms with Crippen molar-refractivity contribution in [1.29, 1.82) is 0 Å². The first-order valence-corrected chi connectivity index (χ1v) is 9.93. The molecule has 0 saturated carbocycles. The van der Waals surface area contributed by atoms with E-state index in [4.69, 9.17) is 14.2 Å². The van der Waals surface area contributed by atoms with Crippen LogP contribution in [0.25, 0.3) is 0 Å². The van der Waals surface area contributed by atoms with Crippen molar-refractivity contribution >= 4 is 0 Å². The van der Waals surface area contributed by atoms with Gasteiger partial charge in [0.2, 0.25) is 0 Å². The highest BCUT2D eigenvalue weighted by atomic mass is 16.5. The van der Waals surface area contributed by atoms with Gasteiger partial charge in [-0.25, -0.2) is 0 Å². The van der Waals surface area contributed by atoms with E-state index in [1.165, 1.54) is 0 Å². The first kappa shape index (κ1) is 19.6. The van der Waals surface area contributed by atoms with E-state index in [0.717, 1.165) is 33.9 Å². The Hall–Kier alpha value is -3.72. The highest BCUT2D eigenvalue weighted by Gasteiger charge is 2.11. The van der Waals surface area contributed by atoms with E-state index in [9.17, 15) is 0 Å². The number of benzene rings is 4. The molecule has 150 valence electrons. The van der Waals surface area contributed by atoms with Crippen molar-refractivity contribution in [2.75, 3.05) is 0 Å². The summed E-state index contributed by atoms with van der Waals surface area (Å²) in [6.45, 7) is 6.11. The van der Waals surface area contributed by atoms with Gasteiger partial charge < -0.3 is 14.2 Å². The maximum Gasteiger partial charge on any atom is 0.173 e. The Morgan fingerprint density at radius 1 is 0.400 bits per heavy atom. The Morgan fingerprint density at radius 3 is 1.33 bits per heavy atom. The van der Waals surface area contributed by atoms with Crippen LogP contribution >= 0.6 is 0 Å². The maximum atomic E-state index is 6.19. The van der Waals surface area contributed by atoms with E-state index in [2.05, 4.69) is 0 Å². The first-order chi connectivity index (χ1) is 14.5. The van der Waals surface area contributed by atoms with Crippen LogP contribution in [0, 0.1) is 20.8 Å². The summed E-state index contributed by atoms with van der Waals surface area (Å²) in [5, 5.41) is 0. The lowest BCUT2D eigenvalue weighted by atomic mass is 10.2. The van der Waals surface area contributed by atoms with Gasteiger partial charge in [0, 0.05) is 6.07 Å². The summed E-state index contributed by atoms with van der Waals surface area (Å²) in [5.41, 5.74) is 3.40. The molecule has 0 bridgehead atoms. The lowest BCUT2D eigenvalue weighted by molar-refractivity contribution is 0.412. The minimum atomic E-state index is 0.590. The van der Waals surface area contributed by atoms with Gasteiger partial charge in [0.25, 0.3) is 0 Å². The Balaban J connectivity index is 1.67. The Labute approximate surface area is 177 Å². The average molecular weight is 396 g/mol. The molecule has 4 aromatic carbocycles. The van der Waals surface area contributed by atoms with E-state index >= 15 is 0 Å². The van der Waals surface area contributed by atoms with Crippen molar-refractivity contribution in [2.45, 2.75) is 20.8 Å². The van der Waals surface area contributed by atoms with Gasteiger partial charge in [-0.2, -0.15) is 0 Å². The number of hydrogen-bond acceptors (Lipinski definition) is 3. The summed E-state index contributed by atoms with van der Waals surface area (Å²) in [4.78, 5) is 0. The van der Waals surface area contributed by atoms with E-state index < -0.39 is 0 Å². The second-order valence-corrected chi connectivity index (χ2v) is 7.36. The molecular weight excluding hydrogens is 372 g/mol. The summed E-state index contributed by atoms with van der Waals surface area (Å²) in [5.74, 6) is 4.18. The third kappa shape index (κ3) is 5.00. The molecule has 4 rings (SSSR count). The van der Waals surface area contributed by atoms with E-state index in [1.54, 1.807) is 0 Å². The van der Waals surface area contributed by atoms with E-state index in [0.29, 0.717) is 17.2 Å². The number of aryl methyl sites for hydroxylation is 3. The molecule has 3 heteroatoms. The van der Waals surface area contributed by atoms with Crippen LogP contribution in [0.15, 0.2) is 91.0 Å². The van der Waals surface area contributed by atoms with Gasteiger partial charge in [-0.3, -0.25) is 0 Å². The zero-order valence-electron chi connectivity index (χ0n) is 17.4. The van der Waals surface area contributed by atoms with Crippen molar-refractivity contribution in [3.63, 3.8) is 0 Å². The minimum absolute atomic E-state index is 0.590. The number of rotatable bonds is 6. The fraction of sp³-hybridized carbons (Fsp3) is 0.111. The second-order valence-electron chi connectivity index (χ2n) is 7.36. The van der Waals surface area contributed by atoms with Gasteiger partial charge in [-0.1, -0.05) is 36.4 Å². The monoisotopic (exact) mass is 396 g/mol. The van der Waals surface area contributed by atoms with Gasteiger partial charge in [0.15, 0.2) is 11.5 Å². The minimum Gasteiger partial charge on any atom is -0.457 e. The fourth-order valence-electron chi connectivity index (χ4n) is 3.14. The molecule has 4 aromatic rings. The molecule has 0 aromatic heterocycles. The van der Waals surface area contributed by atoms with Crippen molar-refractivity contribution in [3.05, 3.63) is 108 Å². The van der Waals surface area contributed by atoms with Crippen LogP contribution in [-0.4, -0.2) is 0 Å². The van der Waals surface area contributed by atoms with Crippen LogP contribution in [0.2, 0.25) is 0 Å². The Morgan fingerprint density at radius 2 is 0.833 bits per heavy atom. The molecule has 30 heavy (non-hydrogen) atoms. The summed E-state index contributed by atoms with van der Waals surface area (Å²) in [6.07, 6.45) is 0. The molecule has 3 nitrogen and oxygen atoms in total. The summed E-state index contributed by atoms with van der Waals surface area (Å²) < 4.78 is 18.4. The molecule has 0 radical (unpaired) electrons. The van der Waals surface area contributed by atoms with Gasteiger partial charge in [-0.05, 0) is 86.0 Å². The van der Waals surface area contributed by atoms with Crippen molar-refractivity contribution in [3.8, 4) is 34.5 Å².